The average Bonchev–Trinajstić information content (AvgIpc) is 2.35. The molecule has 1 fully saturated rings. The number of aliphatic carboxylic acids is 1. The van der Waals surface area contributed by atoms with Gasteiger partial charge in [-0.2, -0.15) is 0 Å². The highest BCUT2D eigenvalue weighted by Gasteiger charge is 2.38. The molecule has 0 bridgehead atoms. The lowest BCUT2D eigenvalue weighted by molar-refractivity contribution is -0.144. The second-order valence-electron chi connectivity index (χ2n) is 5.39. The lowest BCUT2D eigenvalue weighted by Crippen LogP contribution is -2.59. The van der Waals surface area contributed by atoms with Gasteiger partial charge in [-0.15, -0.1) is 0 Å². The highest BCUT2D eigenvalue weighted by atomic mass is 16.4. The number of nitrogens with two attached hydrogens (primary N) is 1. The summed E-state index contributed by atoms with van der Waals surface area (Å²) >= 11 is 0. The summed E-state index contributed by atoms with van der Waals surface area (Å²) in [7, 11) is 0. The van der Waals surface area contributed by atoms with Crippen molar-refractivity contribution in [1.82, 2.24) is 5.32 Å². The minimum Gasteiger partial charge on any atom is -0.480 e. The van der Waals surface area contributed by atoms with Gasteiger partial charge in [0.1, 0.15) is 6.04 Å². The molecule has 1 amide bonds. The quantitative estimate of drug-likeness (QED) is 0.690. The van der Waals surface area contributed by atoms with Gasteiger partial charge in [0.2, 0.25) is 5.91 Å². The van der Waals surface area contributed by atoms with Crippen LogP contribution in [-0.2, 0) is 9.59 Å². The summed E-state index contributed by atoms with van der Waals surface area (Å²) in [5, 5.41) is 11.8. The zero-order chi connectivity index (χ0) is 13.8. The monoisotopic (exact) mass is 256 g/mol. The van der Waals surface area contributed by atoms with E-state index in [9.17, 15) is 9.59 Å². The molecular weight excluding hydrogens is 232 g/mol. The number of carbonyl (C=O) groups excluding carboxylic acids is 1. The number of carboxylic acid groups (broad SMARTS) is 1. The van der Waals surface area contributed by atoms with Crippen molar-refractivity contribution in [3.63, 3.8) is 0 Å². The van der Waals surface area contributed by atoms with E-state index in [1.807, 2.05) is 13.8 Å². The van der Waals surface area contributed by atoms with Crippen molar-refractivity contribution in [2.75, 3.05) is 0 Å². The Morgan fingerprint density at radius 3 is 2.33 bits per heavy atom. The van der Waals surface area contributed by atoms with Crippen LogP contribution < -0.4 is 11.1 Å². The molecule has 1 rings (SSSR count). The maximum atomic E-state index is 12.2. The van der Waals surface area contributed by atoms with Gasteiger partial charge >= 0.3 is 5.97 Å². The molecule has 2 unspecified atom stereocenters. The van der Waals surface area contributed by atoms with Crippen LogP contribution in [0.25, 0.3) is 0 Å². The van der Waals surface area contributed by atoms with Gasteiger partial charge in [-0.05, 0) is 18.8 Å². The Balaban J connectivity index is 2.68. The van der Waals surface area contributed by atoms with E-state index in [0.29, 0.717) is 19.3 Å². The Bertz CT molecular complexity index is 311. The Morgan fingerprint density at radius 1 is 1.33 bits per heavy atom. The van der Waals surface area contributed by atoms with Crippen molar-refractivity contribution >= 4 is 11.9 Å². The summed E-state index contributed by atoms with van der Waals surface area (Å²) in [4.78, 5) is 23.3. The number of hydrogen-bond donors (Lipinski definition) is 3. The molecule has 0 spiro atoms. The normalized spacial score (nSPS) is 21.9. The SMILES string of the molecule is CCC(C)C(NC(=O)C1(N)CCCCC1)C(=O)O. The summed E-state index contributed by atoms with van der Waals surface area (Å²) in [6.07, 6.45) is 4.96. The van der Waals surface area contributed by atoms with Crippen LogP contribution in [0.1, 0.15) is 52.4 Å². The first-order valence-corrected chi connectivity index (χ1v) is 6.73. The molecular formula is C13H24N2O3. The van der Waals surface area contributed by atoms with Crippen LogP contribution in [0.2, 0.25) is 0 Å². The first-order chi connectivity index (χ1) is 8.40. The Labute approximate surface area is 108 Å². The summed E-state index contributed by atoms with van der Waals surface area (Å²) in [5.74, 6) is -1.40. The largest absolute Gasteiger partial charge is 0.480 e. The minimum absolute atomic E-state index is 0.0985. The average molecular weight is 256 g/mol. The molecule has 0 saturated heterocycles. The van der Waals surface area contributed by atoms with E-state index in [1.165, 1.54) is 0 Å². The van der Waals surface area contributed by atoms with Crippen molar-refractivity contribution < 1.29 is 14.7 Å². The molecule has 104 valence electrons. The van der Waals surface area contributed by atoms with Crippen LogP contribution in [0.3, 0.4) is 0 Å². The van der Waals surface area contributed by atoms with Crippen LogP contribution >= 0.6 is 0 Å². The molecule has 0 aromatic carbocycles. The molecule has 5 nitrogen and oxygen atoms in total. The highest BCUT2D eigenvalue weighted by Crippen LogP contribution is 2.26. The molecule has 2 atom stereocenters. The van der Waals surface area contributed by atoms with Crippen molar-refractivity contribution in [3.8, 4) is 0 Å². The smallest absolute Gasteiger partial charge is 0.326 e. The van der Waals surface area contributed by atoms with Gasteiger partial charge < -0.3 is 16.2 Å². The Kier molecular flexibility index (Phi) is 5.14. The van der Waals surface area contributed by atoms with E-state index in [2.05, 4.69) is 5.32 Å². The van der Waals surface area contributed by atoms with Crippen molar-refractivity contribution in [1.29, 1.82) is 0 Å². The summed E-state index contributed by atoms with van der Waals surface area (Å²) in [6.45, 7) is 3.73. The van der Waals surface area contributed by atoms with Gasteiger partial charge in [0.05, 0.1) is 5.54 Å². The van der Waals surface area contributed by atoms with Gasteiger partial charge in [-0.3, -0.25) is 4.79 Å². The first kappa shape index (κ1) is 15.0. The number of carbonyl (C=O) groups is 2. The third kappa shape index (κ3) is 3.45. The van der Waals surface area contributed by atoms with E-state index in [0.717, 1.165) is 19.3 Å². The molecule has 4 N–H and O–H groups in total. The summed E-state index contributed by atoms with van der Waals surface area (Å²) in [5.41, 5.74) is 5.21. The zero-order valence-corrected chi connectivity index (χ0v) is 11.2. The number of rotatable bonds is 5. The second-order valence-corrected chi connectivity index (χ2v) is 5.39. The predicted molar refractivity (Wildman–Crippen MR) is 69.0 cm³/mol. The maximum Gasteiger partial charge on any atom is 0.326 e. The van der Waals surface area contributed by atoms with E-state index in [4.69, 9.17) is 10.8 Å². The van der Waals surface area contributed by atoms with Crippen molar-refractivity contribution in [3.05, 3.63) is 0 Å². The molecule has 0 aromatic rings. The van der Waals surface area contributed by atoms with Crippen molar-refractivity contribution in [2.45, 2.75) is 64.0 Å². The first-order valence-electron chi connectivity index (χ1n) is 6.73. The second kappa shape index (κ2) is 6.18. The van der Waals surface area contributed by atoms with E-state index in [1.54, 1.807) is 0 Å². The van der Waals surface area contributed by atoms with Crippen LogP contribution in [0.15, 0.2) is 0 Å². The van der Waals surface area contributed by atoms with Crippen LogP contribution in [0.5, 0.6) is 0 Å². The van der Waals surface area contributed by atoms with Crippen molar-refractivity contribution in [2.24, 2.45) is 11.7 Å². The molecule has 0 aliphatic heterocycles. The Morgan fingerprint density at radius 2 is 1.89 bits per heavy atom. The lowest BCUT2D eigenvalue weighted by atomic mass is 9.81. The van der Waals surface area contributed by atoms with Crippen LogP contribution in [0, 0.1) is 5.92 Å². The molecule has 18 heavy (non-hydrogen) atoms. The standard InChI is InChI=1S/C13H24N2O3/c1-3-9(2)10(11(16)17)15-12(18)13(14)7-5-4-6-8-13/h9-10H,3-8,14H2,1-2H3,(H,15,18)(H,16,17). The third-order valence-electron chi connectivity index (χ3n) is 3.96. The number of amides is 1. The molecule has 1 aliphatic carbocycles. The number of carboxylic acids is 1. The van der Waals surface area contributed by atoms with E-state index >= 15 is 0 Å². The number of nitrogens with one attached hydrogen (secondary N) is 1. The molecule has 0 heterocycles. The molecule has 5 heteroatoms. The highest BCUT2D eigenvalue weighted by molar-refractivity contribution is 5.90. The fourth-order valence-corrected chi connectivity index (χ4v) is 2.38. The minimum atomic E-state index is -0.989. The fraction of sp³-hybridized carbons (Fsp3) is 0.846. The van der Waals surface area contributed by atoms with E-state index in [-0.39, 0.29) is 11.8 Å². The van der Waals surface area contributed by atoms with Gasteiger partial charge in [0.15, 0.2) is 0 Å². The molecule has 1 saturated carbocycles. The van der Waals surface area contributed by atoms with Gasteiger partial charge in [-0.1, -0.05) is 39.5 Å². The molecule has 0 radical (unpaired) electrons. The zero-order valence-electron chi connectivity index (χ0n) is 11.2. The topological polar surface area (TPSA) is 92.4 Å². The van der Waals surface area contributed by atoms with E-state index < -0.39 is 17.6 Å². The van der Waals surface area contributed by atoms with Crippen LogP contribution in [-0.4, -0.2) is 28.6 Å². The Hall–Kier alpha value is -1.10. The molecule has 0 aromatic heterocycles. The van der Waals surface area contributed by atoms with Gasteiger partial charge in [0.25, 0.3) is 0 Å². The number of hydrogen-bond acceptors (Lipinski definition) is 3. The van der Waals surface area contributed by atoms with Crippen LogP contribution in [0.4, 0.5) is 0 Å². The fourth-order valence-electron chi connectivity index (χ4n) is 2.38. The third-order valence-corrected chi connectivity index (χ3v) is 3.96. The maximum absolute atomic E-state index is 12.2. The summed E-state index contributed by atoms with van der Waals surface area (Å²) < 4.78 is 0. The summed E-state index contributed by atoms with van der Waals surface area (Å²) in [6, 6.07) is -0.843. The predicted octanol–water partition coefficient (Wildman–Crippen LogP) is 1.26. The molecule has 1 aliphatic rings. The van der Waals surface area contributed by atoms with Gasteiger partial charge in [-0.25, -0.2) is 4.79 Å². The lowest BCUT2D eigenvalue weighted by Gasteiger charge is -2.33. The van der Waals surface area contributed by atoms with Gasteiger partial charge in [0, 0.05) is 0 Å².